The van der Waals surface area contributed by atoms with Crippen LogP contribution in [0.15, 0.2) is 0 Å². The van der Waals surface area contributed by atoms with Crippen LogP contribution in [-0.2, 0) is 4.74 Å². The van der Waals surface area contributed by atoms with Gasteiger partial charge in [-0.15, -0.1) is 0 Å². The monoisotopic (exact) mass is 211 g/mol. The van der Waals surface area contributed by atoms with Gasteiger partial charge in [0, 0.05) is 0 Å². The first-order valence-corrected chi connectivity index (χ1v) is 4.12. The molecule has 1 heterocycles. The summed E-state index contributed by atoms with van der Waals surface area (Å²) < 4.78 is 4.65. The molecule has 0 N–H and O–H groups in total. The van der Waals surface area contributed by atoms with E-state index in [1.807, 2.05) is 0 Å². The van der Waals surface area contributed by atoms with Gasteiger partial charge in [-0.3, -0.25) is 0 Å². The molecular weight excluding hydrogens is 209 g/mol. The molecule has 60 valence electrons. The van der Waals surface area contributed by atoms with Gasteiger partial charge in [-0.05, 0) is 0 Å². The van der Waals surface area contributed by atoms with Gasteiger partial charge >= 0.3 is 5.97 Å². The van der Waals surface area contributed by atoms with Crippen LogP contribution in [-0.4, -0.2) is 18.1 Å². The van der Waals surface area contributed by atoms with Crippen molar-refractivity contribution in [2.45, 2.75) is 0 Å². The number of esters is 1. The summed E-state index contributed by atoms with van der Waals surface area (Å²) in [5.74, 6) is -0.514. The lowest BCUT2D eigenvalue weighted by Gasteiger charge is -1.91. The van der Waals surface area contributed by atoms with Gasteiger partial charge in [-0.25, -0.2) is 9.78 Å². The van der Waals surface area contributed by atoms with Crippen molar-refractivity contribution in [2.75, 3.05) is 7.11 Å². The van der Waals surface area contributed by atoms with E-state index in [2.05, 4.69) is 9.72 Å². The van der Waals surface area contributed by atoms with Gasteiger partial charge in [0.05, 0.1) is 7.11 Å². The zero-order chi connectivity index (χ0) is 8.43. The summed E-state index contributed by atoms with van der Waals surface area (Å²) in [6, 6.07) is 0. The molecule has 0 amide bonds. The van der Waals surface area contributed by atoms with Crippen molar-refractivity contribution in [3.8, 4) is 0 Å². The Kier molecular flexibility index (Phi) is 2.70. The van der Waals surface area contributed by atoms with Gasteiger partial charge in [0.25, 0.3) is 0 Å². The van der Waals surface area contributed by atoms with Gasteiger partial charge in [0.2, 0.25) is 0 Å². The molecule has 1 aromatic rings. The first-order chi connectivity index (χ1) is 5.15. The molecule has 6 heteroatoms. The fourth-order valence-corrected chi connectivity index (χ4v) is 1.78. The Morgan fingerprint density at radius 1 is 1.64 bits per heavy atom. The van der Waals surface area contributed by atoms with E-state index < -0.39 is 5.97 Å². The van der Waals surface area contributed by atoms with Crippen molar-refractivity contribution in [1.29, 1.82) is 0 Å². The van der Waals surface area contributed by atoms with Gasteiger partial charge in [0.15, 0.2) is 14.5 Å². The number of nitrogens with zero attached hydrogens (tertiary/aromatic N) is 1. The van der Waals surface area contributed by atoms with E-state index in [0.717, 1.165) is 11.3 Å². The number of hydrogen-bond donors (Lipinski definition) is 0. The standard InChI is InChI=1S/C5H3Cl2NO2S/c1-10-4(9)2-3(6)8-5(7)11-2/h1H3. The summed E-state index contributed by atoms with van der Waals surface area (Å²) in [4.78, 5) is 14.7. The normalized spacial score (nSPS) is 9.73. The zero-order valence-corrected chi connectivity index (χ0v) is 7.76. The van der Waals surface area contributed by atoms with Gasteiger partial charge < -0.3 is 4.74 Å². The molecule has 0 aromatic carbocycles. The highest BCUT2D eigenvalue weighted by atomic mass is 35.5. The average molecular weight is 212 g/mol. The molecule has 0 aliphatic carbocycles. The molecule has 1 rings (SSSR count). The number of rotatable bonds is 1. The number of carbonyl (C=O) groups is 1. The molecule has 0 fully saturated rings. The second-order valence-electron chi connectivity index (χ2n) is 1.58. The van der Waals surface area contributed by atoms with E-state index >= 15 is 0 Å². The maximum Gasteiger partial charge on any atom is 0.351 e. The Bertz CT molecular complexity index is 286. The van der Waals surface area contributed by atoms with Crippen LogP contribution in [0.4, 0.5) is 0 Å². The van der Waals surface area contributed by atoms with Crippen LogP contribution in [0.2, 0.25) is 9.62 Å². The van der Waals surface area contributed by atoms with Crippen LogP contribution < -0.4 is 0 Å². The molecule has 0 bridgehead atoms. The Hall–Kier alpha value is -0.320. The molecule has 0 aliphatic heterocycles. The van der Waals surface area contributed by atoms with Gasteiger partial charge in [0.1, 0.15) is 0 Å². The van der Waals surface area contributed by atoms with E-state index in [1.54, 1.807) is 0 Å². The number of carbonyl (C=O) groups excluding carboxylic acids is 1. The highest BCUT2D eigenvalue weighted by molar-refractivity contribution is 7.18. The Labute approximate surface area is 76.9 Å². The van der Waals surface area contributed by atoms with Gasteiger partial charge in [-0.2, -0.15) is 0 Å². The number of halogens is 2. The number of thiazole rings is 1. The molecular formula is C5H3Cl2NO2S. The molecule has 0 saturated carbocycles. The Balaban J connectivity index is 3.03. The fourth-order valence-electron chi connectivity index (χ4n) is 0.496. The lowest BCUT2D eigenvalue weighted by Crippen LogP contribution is -1.98. The second-order valence-corrected chi connectivity index (χ2v) is 3.52. The molecule has 0 spiro atoms. The molecule has 3 nitrogen and oxygen atoms in total. The summed E-state index contributed by atoms with van der Waals surface area (Å²) in [7, 11) is 1.27. The van der Waals surface area contributed by atoms with E-state index in [4.69, 9.17) is 23.2 Å². The van der Waals surface area contributed by atoms with E-state index in [1.165, 1.54) is 7.11 Å². The number of ether oxygens (including phenoxy) is 1. The zero-order valence-electron chi connectivity index (χ0n) is 5.43. The maximum absolute atomic E-state index is 10.9. The molecule has 1 aromatic heterocycles. The smallest absolute Gasteiger partial charge is 0.351 e. The van der Waals surface area contributed by atoms with Crippen LogP contribution in [0.25, 0.3) is 0 Å². The Morgan fingerprint density at radius 3 is 2.64 bits per heavy atom. The number of aromatic nitrogens is 1. The molecule has 0 radical (unpaired) electrons. The first kappa shape index (κ1) is 8.77. The Morgan fingerprint density at radius 2 is 2.27 bits per heavy atom. The molecule has 0 saturated heterocycles. The van der Waals surface area contributed by atoms with E-state index in [0.29, 0.717) is 0 Å². The van der Waals surface area contributed by atoms with Crippen LogP contribution in [0.1, 0.15) is 9.67 Å². The number of methoxy groups -OCH3 is 1. The summed E-state index contributed by atoms with van der Waals surface area (Å²) in [6.07, 6.45) is 0. The van der Waals surface area contributed by atoms with Crippen molar-refractivity contribution >= 4 is 40.5 Å². The summed E-state index contributed by atoms with van der Waals surface area (Å²) >= 11 is 12.0. The van der Waals surface area contributed by atoms with Crippen molar-refractivity contribution in [1.82, 2.24) is 4.98 Å². The lowest BCUT2D eigenvalue weighted by atomic mass is 10.6. The van der Waals surface area contributed by atoms with Crippen LogP contribution in [0.5, 0.6) is 0 Å². The molecule has 0 aliphatic rings. The average Bonchev–Trinajstić information content (AvgIpc) is 2.28. The van der Waals surface area contributed by atoms with Crippen LogP contribution >= 0.6 is 34.5 Å². The van der Waals surface area contributed by atoms with Crippen molar-refractivity contribution in [2.24, 2.45) is 0 Å². The third-order valence-electron chi connectivity index (χ3n) is 0.930. The largest absolute Gasteiger partial charge is 0.465 e. The topological polar surface area (TPSA) is 39.2 Å². The first-order valence-electron chi connectivity index (χ1n) is 2.55. The van der Waals surface area contributed by atoms with Gasteiger partial charge in [-0.1, -0.05) is 34.5 Å². The maximum atomic E-state index is 10.9. The second kappa shape index (κ2) is 3.38. The fraction of sp³-hybridized carbons (Fsp3) is 0.200. The highest BCUT2D eigenvalue weighted by Gasteiger charge is 2.15. The van der Waals surface area contributed by atoms with Crippen LogP contribution in [0, 0.1) is 0 Å². The predicted octanol–water partition coefficient (Wildman–Crippen LogP) is 2.24. The summed E-state index contributed by atoms with van der Waals surface area (Å²) in [6.45, 7) is 0. The minimum absolute atomic E-state index is 0.0897. The third-order valence-corrected chi connectivity index (χ3v) is 2.46. The van der Waals surface area contributed by atoms with Crippen LogP contribution in [0.3, 0.4) is 0 Å². The lowest BCUT2D eigenvalue weighted by molar-refractivity contribution is 0.0606. The van der Waals surface area contributed by atoms with Crippen molar-refractivity contribution in [3.05, 3.63) is 14.5 Å². The minimum Gasteiger partial charge on any atom is -0.465 e. The summed E-state index contributed by atoms with van der Waals surface area (Å²) in [5, 5.41) is 0.0897. The predicted molar refractivity (Wildman–Crippen MR) is 43.5 cm³/mol. The highest BCUT2D eigenvalue weighted by Crippen LogP contribution is 2.26. The third kappa shape index (κ3) is 1.83. The van der Waals surface area contributed by atoms with E-state index in [-0.39, 0.29) is 14.5 Å². The van der Waals surface area contributed by atoms with Crippen molar-refractivity contribution < 1.29 is 9.53 Å². The quantitative estimate of drug-likeness (QED) is 0.670. The molecule has 0 unspecified atom stereocenters. The van der Waals surface area contributed by atoms with Crippen molar-refractivity contribution in [3.63, 3.8) is 0 Å². The van der Waals surface area contributed by atoms with E-state index in [9.17, 15) is 4.79 Å². The molecule has 11 heavy (non-hydrogen) atoms. The minimum atomic E-state index is -0.514. The molecule has 0 atom stereocenters. The summed E-state index contributed by atoms with van der Waals surface area (Å²) in [5.41, 5.74) is 0. The SMILES string of the molecule is COC(=O)c1sc(Cl)nc1Cl. The number of hydrogen-bond acceptors (Lipinski definition) is 4.